The van der Waals surface area contributed by atoms with Gasteiger partial charge in [0.05, 0.1) is 6.54 Å². The van der Waals surface area contributed by atoms with E-state index in [-0.39, 0.29) is 16.9 Å². The maximum Gasteiger partial charge on any atom is 0.263 e. The number of rotatable bonds is 6. The van der Waals surface area contributed by atoms with Crippen LogP contribution in [0.1, 0.15) is 63.1 Å². The quantitative estimate of drug-likeness (QED) is 0.798. The molecule has 0 atom stereocenters. The molecule has 27 heavy (non-hydrogen) atoms. The fraction of sp³-hybridized carbons (Fsp3) is 0.409. The number of carbonyl (C=O) groups excluding carboxylic acids is 2. The predicted octanol–water partition coefficient (Wildman–Crippen LogP) is 3.25. The Labute approximate surface area is 159 Å². The van der Waals surface area contributed by atoms with Crippen LogP contribution >= 0.6 is 0 Å². The molecule has 5 heteroatoms. The maximum atomic E-state index is 12.8. The predicted molar refractivity (Wildman–Crippen MR) is 105 cm³/mol. The monoisotopic (exact) mass is 366 g/mol. The number of nitrogens with one attached hydrogen (secondary N) is 1. The Hall–Kier alpha value is -2.69. The third-order valence-corrected chi connectivity index (χ3v) is 5.42. The second kappa shape index (κ2) is 7.91. The molecule has 0 saturated heterocycles. The minimum Gasteiger partial charge on any atom is -0.355 e. The minimum atomic E-state index is -0.465. The van der Waals surface area contributed by atoms with Gasteiger partial charge >= 0.3 is 0 Å². The Balaban J connectivity index is 2.01. The number of hydrogen-bond donors (Lipinski definition) is 1. The van der Waals surface area contributed by atoms with Crippen molar-refractivity contribution in [2.45, 2.75) is 46.1 Å². The molecule has 1 aliphatic carbocycles. The van der Waals surface area contributed by atoms with Crippen molar-refractivity contribution in [1.82, 2.24) is 9.88 Å². The number of ketones is 1. The molecule has 1 heterocycles. The first-order valence-corrected chi connectivity index (χ1v) is 9.45. The molecule has 1 aliphatic rings. The van der Waals surface area contributed by atoms with E-state index in [1.807, 2.05) is 32.0 Å². The second-order valence-corrected chi connectivity index (χ2v) is 7.51. The van der Waals surface area contributed by atoms with E-state index in [0.717, 1.165) is 29.5 Å². The van der Waals surface area contributed by atoms with Crippen LogP contribution < -0.4 is 10.9 Å². The van der Waals surface area contributed by atoms with Gasteiger partial charge in [-0.3, -0.25) is 14.4 Å². The van der Waals surface area contributed by atoms with Crippen LogP contribution in [0, 0.1) is 19.8 Å². The molecule has 0 aliphatic heterocycles. The first-order chi connectivity index (χ1) is 12.9. The highest BCUT2D eigenvalue weighted by Gasteiger charge is 2.23. The summed E-state index contributed by atoms with van der Waals surface area (Å²) in [6.07, 6.45) is 5.42. The molecule has 1 fully saturated rings. The van der Waals surface area contributed by atoms with Gasteiger partial charge in [-0.15, -0.1) is 0 Å². The standard InChI is InChI=1S/C22H26N2O3/c1-14-7-8-15(2)17(9-14)12-24-13-18(20(25)10-16-5-4-6-16)11-19(22(24)27)21(26)23-3/h7-9,11,13,16H,4-6,10,12H2,1-3H3,(H,23,26). The van der Waals surface area contributed by atoms with E-state index < -0.39 is 5.91 Å². The van der Waals surface area contributed by atoms with Gasteiger partial charge in [0, 0.05) is 25.2 Å². The SMILES string of the molecule is CNC(=O)c1cc(C(=O)CC2CCC2)cn(Cc2cc(C)ccc2C)c1=O. The van der Waals surface area contributed by atoms with Crippen molar-refractivity contribution >= 4 is 11.7 Å². The van der Waals surface area contributed by atoms with Gasteiger partial charge in [-0.2, -0.15) is 0 Å². The normalized spacial score (nSPS) is 13.9. The Bertz CT molecular complexity index is 939. The number of aromatic nitrogens is 1. The highest BCUT2D eigenvalue weighted by molar-refractivity contribution is 6.00. The van der Waals surface area contributed by atoms with Gasteiger partial charge in [-0.1, -0.05) is 43.0 Å². The van der Waals surface area contributed by atoms with Crippen LogP contribution in [0.4, 0.5) is 0 Å². The van der Waals surface area contributed by atoms with E-state index in [9.17, 15) is 14.4 Å². The van der Waals surface area contributed by atoms with Crippen molar-refractivity contribution in [2.75, 3.05) is 7.05 Å². The molecule has 1 N–H and O–H groups in total. The van der Waals surface area contributed by atoms with Crippen LogP contribution in [0.15, 0.2) is 35.3 Å². The van der Waals surface area contributed by atoms with Gasteiger partial charge in [-0.05, 0) is 37.0 Å². The van der Waals surface area contributed by atoms with Crippen molar-refractivity contribution in [3.63, 3.8) is 0 Å². The van der Waals surface area contributed by atoms with Crippen molar-refractivity contribution in [2.24, 2.45) is 5.92 Å². The molecule has 5 nitrogen and oxygen atoms in total. The molecule has 1 aromatic carbocycles. The summed E-state index contributed by atoms with van der Waals surface area (Å²) in [6.45, 7) is 4.33. The van der Waals surface area contributed by atoms with Crippen LogP contribution in [0.25, 0.3) is 0 Å². The molecule has 1 amide bonds. The van der Waals surface area contributed by atoms with Crippen molar-refractivity contribution in [1.29, 1.82) is 0 Å². The van der Waals surface area contributed by atoms with Gasteiger partial charge in [0.15, 0.2) is 5.78 Å². The molecular weight excluding hydrogens is 340 g/mol. The minimum absolute atomic E-state index is 0.000401. The Morgan fingerprint density at radius 1 is 1.19 bits per heavy atom. The van der Waals surface area contributed by atoms with E-state index in [0.29, 0.717) is 24.4 Å². The summed E-state index contributed by atoms with van der Waals surface area (Å²) < 4.78 is 1.49. The summed E-state index contributed by atoms with van der Waals surface area (Å²) in [5.74, 6) is -0.0343. The fourth-order valence-electron chi connectivity index (χ4n) is 3.43. The zero-order chi connectivity index (χ0) is 19.6. The van der Waals surface area contributed by atoms with Crippen molar-refractivity contribution < 1.29 is 9.59 Å². The smallest absolute Gasteiger partial charge is 0.263 e. The highest BCUT2D eigenvalue weighted by Crippen LogP contribution is 2.30. The van der Waals surface area contributed by atoms with Gasteiger partial charge < -0.3 is 9.88 Å². The lowest BCUT2D eigenvalue weighted by Gasteiger charge is -2.24. The maximum absolute atomic E-state index is 12.8. The van der Waals surface area contributed by atoms with Gasteiger partial charge in [0.1, 0.15) is 5.56 Å². The van der Waals surface area contributed by atoms with Crippen molar-refractivity contribution in [3.8, 4) is 0 Å². The number of pyridine rings is 1. The highest BCUT2D eigenvalue weighted by atomic mass is 16.2. The van der Waals surface area contributed by atoms with E-state index in [4.69, 9.17) is 0 Å². The number of Topliss-reactive ketones (excluding diaryl/α,β-unsaturated/α-hetero) is 1. The molecule has 3 rings (SSSR count). The van der Waals surface area contributed by atoms with Gasteiger partial charge in [0.25, 0.3) is 11.5 Å². The molecule has 0 bridgehead atoms. The summed E-state index contributed by atoms with van der Waals surface area (Å²) in [7, 11) is 1.49. The average molecular weight is 366 g/mol. The topological polar surface area (TPSA) is 68.2 Å². The number of aryl methyl sites for hydroxylation is 2. The molecule has 0 spiro atoms. The van der Waals surface area contributed by atoms with Crippen LogP contribution in [0.5, 0.6) is 0 Å². The Morgan fingerprint density at radius 2 is 1.93 bits per heavy atom. The lowest BCUT2D eigenvalue weighted by molar-refractivity contribution is 0.0935. The molecular formula is C22H26N2O3. The zero-order valence-corrected chi connectivity index (χ0v) is 16.2. The summed E-state index contributed by atoms with van der Waals surface area (Å²) in [5.41, 5.74) is 3.25. The molecule has 0 unspecified atom stereocenters. The summed E-state index contributed by atoms with van der Waals surface area (Å²) in [5, 5.41) is 2.50. The van der Waals surface area contributed by atoms with E-state index >= 15 is 0 Å². The molecule has 142 valence electrons. The Kier molecular flexibility index (Phi) is 5.59. The van der Waals surface area contributed by atoms with E-state index in [1.54, 1.807) is 6.20 Å². The fourth-order valence-corrected chi connectivity index (χ4v) is 3.43. The van der Waals surface area contributed by atoms with Crippen molar-refractivity contribution in [3.05, 3.63) is 68.6 Å². The molecule has 2 aromatic rings. The molecule has 1 saturated carbocycles. The first kappa shape index (κ1) is 19.1. The number of nitrogens with zero attached hydrogens (tertiary/aromatic N) is 1. The zero-order valence-electron chi connectivity index (χ0n) is 16.2. The van der Waals surface area contributed by atoms with Gasteiger partial charge in [0.2, 0.25) is 0 Å². The lowest BCUT2D eigenvalue weighted by atomic mass is 9.81. The van der Waals surface area contributed by atoms with E-state index in [2.05, 4.69) is 5.32 Å². The number of benzene rings is 1. The first-order valence-electron chi connectivity index (χ1n) is 9.45. The van der Waals surface area contributed by atoms with Crippen LogP contribution in [0.2, 0.25) is 0 Å². The van der Waals surface area contributed by atoms with Crippen LogP contribution in [-0.4, -0.2) is 23.3 Å². The Morgan fingerprint density at radius 3 is 2.56 bits per heavy atom. The largest absolute Gasteiger partial charge is 0.355 e. The third-order valence-electron chi connectivity index (χ3n) is 5.42. The van der Waals surface area contributed by atoms with E-state index in [1.165, 1.54) is 24.1 Å². The number of carbonyl (C=O) groups is 2. The molecule has 1 aromatic heterocycles. The molecule has 0 radical (unpaired) electrons. The van der Waals surface area contributed by atoms with Crippen LogP contribution in [0.3, 0.4) is 0 Å². The van der Waals surface area contributed by atoms with Gasteiger partial charge in [-0.25, -0.2) is 0 Å². The third kappa shape index (κ3) is 4.18. The average Bonchev–Trinajstić information content (AvgIpc) is 2.62. The summed E-state index contributed by atoms with van der Waals surface area (Å²) in [6, 6.07) is 7.52. The van der Waals surface area contributed by atoms with Crippen LogP contribution in [-0.2, 0) is 6.54 Å². The number of amides is 1. The summed E-state index contributed by atoms with van der Waals surface area (Å²) in [4.78, 5) is 37.7. The lowest BCUT2D eigenvalue weighted by Crippen LogP contribution is -2.32. The second-order valence-electron chi connectivity index (χ2n) is 7.51. The summed E-state index contributed by atoms with van der Waals surface area (Å²) >= 11 is 0. The number of hydrogen-bond acceptors (Lipinski definition) is 3.